The summed E-state index contributed by atoms with van der Waals surface area (Å²) in [7, 11) is 0. The van der Waals surface area contributed by atoms with Crippen LogP contribution in [0.3, 0.4) is 0 Å². The Morgan fingerprint density at radius 2 is 1.89 bits per heavy atom. The summed E-state index contributed by atoms with van der Waals surface area (Å²) in [5, 5.41) is 24.9. The maximum atomic E-state index is 12.2. The Hall–Kier alpha value is -4.35. The molecule has 4 heterocycles. The minimum Gasteiger partial charge on any atom is -0.385 e. The Balaban J connectivity index is 1.14. The van der Waals surface area contributed by atoms with Crippen LogP contribution >= 0.6 is 0 Å². The molecule has 4 rings (SSSR count). The van der Waals surface area contributed by atoms with E-state index in [2.05, 4.69) is 41.6 Å². The van der Waals surface area contributed by atoms with Gasteiger partial charge in [-0.25, -0.2) is 0 Å². The molecular formula is C23H28N10O2. The molecule has 3 aromatic rings. The van der Waals surface area contributed by atoms with Gasteiger partial charge in [-0.05, 0) is 43.0 Å². The lowest BCUT2D eigenvalue weighted by Crippen LogP contribution is -2.23. The predicted octanol–water partition coefficient (Wildman–Crippen LogP) is 1.44. The minimum atomic E-state index is -0.278. The number of hydrogen-bond donors (Lipinski definition) is 3. The molecule has 0 saturated carbocycles. The molecule has 3 N–H and O–H groups in total. The van der Waals surface area contributed by atoms with E-state index in [1.807, 2.05) is 31.2 Å². The van der Waals surface area contributed by atoms with Crippen LogP contribution in [0, 0.1) is 0 Å². The van der Waals surface area contributed by atoms with E-state index >= 15 is 0 Å². The van der Waals surface area contributed by atoms with E-state index < -0.39 is 0 Å². The lowest BCUT2D eigenvalue weighted by atomic mass is 10.1. The van der Waals surface area contributed by atoms with Gasteiger partial charge in [0.15, 0.2) is 11.5 Å². The van der Waals surface area contributed by atoms with Gasteiger partial charge in [-0.2, -0.15) is 0 Å². The van der Waals surface area contributed by atoms with Crippen LogP contribution in [0.15, 0.2) is 60.3 Å². The van der Waals surface area contributed by atoms with Crippen molar-refractivity contribution in [3.63, 3.8) is 0 Å². The molecule has 3 aromatic heterocycles. The lowest BCUT2D eigenvalue weighted by molar-refractivity contribution is -0.115. The van der Waals surface area contributed by atoms with Gasteiger partial charge in [-0.3, -0.25) is 23.9 Å². The van der Waals surface area contributed by atoms with Gasteiger partial charge in [0.25, 0.3) is 5.91 Å². The molecule has 12 nitrogen and oxygen atoms in total. The van der Waals surface area contributed by atoms with E-state index in [0.29, 0.717) is 38.4 Å². The number of anilines is 1. The number of allylic oxidation sites excluding steroid dienone is 3. The molecule has 1 aliphatic rings. The smallest absolute Gasteiger partial charge is 0.273 e. The van der Waals surface area contributed by atoms with E-state index in [-0.39, 0.29) is 17.5 Å². The number of nitrogens with one attached hydrogen (secondary N) is 3. The molecule has 12 heteroatoms. The van der Waals surface area contributed by atoms with Crippen molar-refractivity contribution in [2.45, 2.75) is 45.8 Å². The van der Waals surface area contributed by atoms with E-state index in [1.54, 1.807) is 34.2 Å². The van der Waals surface area contributed by atoms with Crippen molar-refractivity contribution in [1.29, 1.82) is 0 Å². The number of aromatic nitrogens is 7. The molecular weight excluding hydrogens is 448 g/mol. The van der Waals surface area contributed by atoms with Crippen LogP contribution in [0.2, 0.25) is 0 Å². The normalized spacial score (nSPS) is 12.9. The van der Waals surface area contributed by atoms with Crippen LogP contribution in [-0.4, -0.2) is 53.3 Å². The first kappa shape index (κ1) is 23.8. The van der Waals surface area contributed by atoms with Crippen LogP contribution in [-0.2, 0) is 24.4 Å². The second-order valence-electron chi connectivity index (χ2n) is 8.24. The van der Waals surface area contributed by atoms with Gasteiger partial charge < -0.3 is 16.0 Å². The summed E-state index contributed by atoms with van der Waals surface area (Å²) in [6, 6.07) is 3.71. The van der Waals surface area contributed by atoms with Crippen molar-refractivity contribution in [1.82, 2.24) is 45.6 Å². The summed E-state index contributed by atoms with van der Waals surface area (Å²) in [6.45, 7) is 4.31. The molecule has 0 bridgehead atoms. The molecule has 0 radical (unpaired) electrons. The molecule has 0 aromatic carbocycles. The summed E-state index contributed by atoms with van der Waals surface area (Å²) in [5.74, 6) is 0.0359. The number of aryl methyl sites for hydroxylation is 2. The largest absolute Gasteiger partial charge is 0.385 e. The van der Waals surface area contributed by atoms with Crippen molar-refractivity contribution in [3.05, 3.63) is 71.6 Å². The van der Waals surface area contributed by atoms with Crippen LogP contribution in [0.1, 0.15) is 42.2 Å². The van der Waals surface area contributed by atoms with Crippen molar-refractivity contribution in [2.24, 2.45) is 0 Å². The highest BCUT2D eigenvalue weighted by Gasteiger charge is 2.12. The maximum Gasteiger partial charge on any atom is 0.273 e. The number of dihydropyridines is 1. The highest BCUT2D eigenvalue weighted by Crippen LogP contribution is 2.10. The molecule has 0 unspecified atom stereocenters. The zero-order chi connectivity index (χ0) is 24.5. The zero-order valence-electron chi connectivity index (χ0n) is 19.5. The van der Waals surface area contributed by atoms with Crippen LogP contribution in [0.5, 0.6) is 0 Å². The number of rotatable bonds is 11. The zero-order valence-corrected chi connectivity index (χ0v) is 19.5. The van der Waals surface area contributed by atoms with Gasteiger partial charge in [0.1, 0.15) is 0 Å². The Labute approximate surface area is 202 Å². The van der Waals surface area contributed by atoms with Crippen molar-refractivity contribution < 1.29 is 9.59 Å². The van der Waals surface area contributed by atoms with Gasteiger partial charge in [0, 0.05) is 50.7 Å². The van der Waals surface area contributed by atoms with Gasteiger partial charge >= 0.3 is 0 Å². The molecule has 0 spiro atoms. The van der Waals surface area contributed by atoms with Gasteiger partial charge in [0.05, 0.1) is 12.4 Å². The van der Waals surface area contributed by atoms with E-state index in [4.69, 9.17) is 0 Å². The number of hydrogen-bond acceptors (Lipinski definition) is 8. The summed E-state index contributed by atoms with van der Waals surface area (Å²) in [4.78, 5) is 28.5. The SMILES string of the molecule is CC1=CC=C(CC(=O)Nc2cn(CCCCn3cc(C(=O)NCc4cccnc4)nn3)nn2)CN1. The number of nitrogens with zero attached hydrogens (tertiary/aromatic N) is 7. The molecule has 0 atom stereocenters. The van der Waals surface area contributed by atoms with Crippen LogP contribution in [0.25, 0.3) is 0 Å². The van der Waals surface area contributed by atoms with Crippen LogP contribution in [0.4, 0.5) is 5.82 Å². The molecule has 0 fully saturated rings. The summed E-state index contributed by atoms with van der Waals surface area (Å²) >= 11 is 0. The fourth-order valence-electron chi connectivity index (χ4n) is 3.43. The Kier molecular flexibility index (Phi) is 7.94. The standard InChI is InChI=1S/C23H28N10O2/c1-17-6-7-18(13-25-17)11-22(34)27-21-16-33(31-29-21)10-3-2-9-32-15-20(28-30-32)23(35)26-14-19-5-4-8-24-12-19/h4-8,12,15-16,25H,2-3,9-11,13-14H2,1H3,(H,26,35)(H,27,34). The van der Waals surface area contributed by atoms with Crippen LogP contribution < -0.4 is 16.0 Å². The summed E-state index contributed by atoms with van der Waals surface area (Å²) in [5.41, 5.74) is 3.29. The number of amides is 2. The second kappa shape index (κ2) is 11.7. The first-order valence-electron chi connectivity index (χ1n) is 11.4. The lowest BCUT2D eigenvalue weighted by Gasteiger charge is -2.13. The Morgan fingerprint density at radius 3 is 2.63 bits per heavy atom. The summed E-state index contributed by atoms with van der Waals surface area (Å²) in [6.07, 6.45) is 12.6. The number of pyridine rings is 1. The van der Waals surface area contributed by atoms with E-state index in [9.17, 15) is 9.59 Å². The molecule has 182 valence electrons. The number of unbranched alkanes of at least 4 members (excludes halogenated alkanes) is 1. The Morgan fingerprint density at radius 1 is 1.09 bits per heavy atom. The van der Waals surface area contributed by atoms with Gasteiger partial charge in [0.2, 0.25) is 5.91 Å². The topological polar surface area (TPSA) is 145 Å². The van der Waals surface area contributed by atoms with E-state index in [0.717, 1.165) is 29.7 Å². The number of carbonyl (C=O) groups excluding carboxylic acids is 2. The van der Waals surface area contributed by atoms with Crippen molar-refractivity contribution >= 4 is 17.6 Å². The monoisotopic (exact) mass is 476 g/mol. The maximum absolute atomic E-state index is 12.2. The highest BCUT2D eigenvalue weighted by atomic mass is 16.2. The average molecular weight is 477 g/mol. The number of carbonyl (C=O) groups is 2. The second-order valence-corrected chi connectivity index (χ2v) is 8.24. The summed E-state index contributed by atoms with van der Waals surface area (Å²) < 4.78 is 3.35. The third kappa shape index (κ3) is 7.32. The highest BCUT2D eigenvalue weighted by molar-refractivity contribution is 5.92. The van der Waals surface area contributed by atoms with Gasteiger partial charge in [-0.1, -0.05) is 22.6 Å². The van der Waals surface area contributed by atoms with Crippen molar-refractivity contribution in [2.75, 3.05) is 11.9 Å². The third-order valence-corrected chi connectivity index (χ3v) is 5.33. The molecule has 1 aliphatic heterocycles. The molecule has 35 heavy (non-hydrogen) atoms. The first-order valence-corrected chi connectivity index (χ1v) is 11.4. The minimum absolute atomic E-state index is 0.121. The molecule has 0 saturated heterocycles. The third-order valence-electron chi connectivity index (χ3n) is 5.33. The van der Waals surface area contributed by atoms with Crippen molar-refractivity contribution in [3.8, 4) is 0 Å². The molecule has 0 aliphatic carbocycles. The average Bonchev–Trinajstić information content (AvgIpc) is 3.52. The first-order chi connectivity index (χ1) is 17.0. The van der Waals surface area contributed by atoms with E-state index in [1.165, 1.54) is 0 Å². The quantitative estimate of drug-likeness (QED) is 0.353. The van der Waals surface area contributed by atoms with Gasteiger partial charge in [-0.15, -0.1) is 10.2 Å². The fourth-order valence-corrected chi connectivity index (χ4v) is 3.43. The predicted molar refractivity (Wildman–Crippen MR) is 128 cm³/mol. The fraction of sp³-hybridized carbons (Fsp3) is 0.348. The molecule has 2 amide bonds. The Bertz CT molecular complexity index is 1210.